The van der Waals surface area contributed by atoms with E-state index in [9.17, 15) is 9.59 Å². The molecule has 188 valence electrons. The van der Waals surface area contributed by atoms with Gasteiger partial charge in [-0.05, 0) is 41.0 Å². The minimum atomic E-state index is -0.886. The highest BCUT2D eigenvalue weighted by Gasteiger charge is 2.51. The van der Waals surface area contributed by atoms with Gasteiger partial charge in [-0.15, -0.1) is 0 Å². The molecular weight excluding hydrogens is 484 g/mol. The lowest BCUT2D eigenvalue weighted by Crippen LogP contribution is -2.46. The fraction of sp³-hybridized carbons (Fsp3) is 0.226. The third-order valence-corrected chi connectivity index (χ3v) is 8.08. The maximum atomic E-state index is 13.2. The average molecular weight is 513 g/mol. The second-order valence-electron chi connectivity index (χ2n) is 9.19. The fourth-order valence-electron chi connectivity index (χ4n) is 5.21. The molecular formula is C31H28O5S. The van der Waals surface area contributed by atoms with E-state index in [1.165, 1.54) is 31.5 Å². The van der Waals surface area contributed by atoms with Gasteiger partial charge in [0.25, 0.3) is 0 Å². The summed E-state index contributed by atoms with van der Waals surface area (Å²) < 4.78 is 17.2. The van der Waals surface area contributed by atoms with Crippen LogP contribution in [0, 0.1) is 6.92 Å². The Morgan fingerprint density at radius 3 is 1.95 bits per heavy atom. The topological polar surface area (TPSA) is 61.8 Å². The van der Waals surface area contributed by atoms with Crippen LogP contribution >= 0.6 is 11.8 Å². The zero-order valence-corrected chi connectivity index (χ0v) is 21.8. The predicted molar refractivity (Wildman–Crippen MR) is 144 cm³/mol. The first kappa shape index (κ1) is 25.1. The highest BCUT2D eigenvalue weighted by molar-refractivity contribution is 8.06. The van der Waals surface area contributed by atoms with Gasteiger partial charge in [-0.2, -0.15) is 0 Å². The van der Waals surface area contributed by atoms with Crippen LogP contribution in [0.2, 0.25) is 0 Å². The van der Waals surface area contributed by atoms with Crippen molar-refractivity contribution in [2.24, 2.45) is 0 Å². The second-order valence-corrected chi connectivity index (χ2v) is 10.1. The van der Waals surface area contributed by atoms with E-state index in [0.29, 0.717) is 6.42 Å². The summed E-state index contributed by atoms with van der Waals surface area (Å²) in [7, 11) is 2.62. The maximum absolute atomic E-state index is 13.2. The number of benzene rings is 3. The Morgan fingerprint density at radius 2 is 1.41 bits per heavy atom. The number of methoxy groups -OCH3 is 2. The van der Waals surface area contributed by atoms with Gasteiger partial charge in [0.05, 0.1) is 19.8 Å². The lowest BCUT2D eigenvalue weighted by molar-refractivity contribution is -0.142. The van der Waals surface area contributed by atoms with Gasteiger partial charge in [0.2, 0.25) is 0 Å². The quantitative estimate of drug-likeness (QED) is 0.388. The van der Waals surface area contributed by atoms with Crippen LogP contribution in [0.5, 0.6) is 0 Å². The number of thioether (sulfide) groups is 1. The van der Waals surface area contributed by atoms with Gasteiger partial charge in [0, 0.05) is 5.92 Å². The highest BCUT2D eigenvalue weighted by Crippen LogP contribution is 2.55. The molecule has 5 rings (SSSR count). The van der Waals surface area contributed by atoms with E-state index in [1.807, 2.05) is 66.1 Å². The molecule has 0 N–H and O–H groups in total. The molecule has 0 amide bonds. The number of ether oxygens (including phenoxy) is 3. The molecule has 0 aliphatic carbocycles. The van der Waals surface area contributed by atoms with E-state index < -0.39 is 23.6 Å². The summed E-state index contributed by atoms with van der Waals surface area (Å²) >= 11 is 1.19. The Kier molecular flexibility index (Phi) is 7.04. The van der Waals surface area contributed by atoms with Crippen molar-refractivity contribution in [1.82, 2.24) is 0 Å². The van der Waals surface area contributed by atoms with Crippen molar-refractivity contribution in [2.45, 2.75) is 31.0 Å². The third-order valence-electron chi connectivity index (χ3n) is 7.07. The number of rotatable bonds is 5. The number of carbonyl (C=O) groups excluding carboxylic acids is 2. The van der Waals surface area contributed by atoms with Crippen molar-refractivity contribution >= 4 is 23.7 Å². The molecule has 3 aromatic carbocycles. The zero-order chi connectivity index (χ0) is 26.0. The Labute approximate surface area is 221 Å². The number of fused-ring (bicyclic) bond motifs is 1. The van der Waals surface area contributed by atoms with Crippen molar-refractivity contribution in [3.63, 3.8) is 0 Å². The van der Waals surface area contributed by atoms with Crippen molar-refractivity contribution in [3.05, 3.63) is 129 Å². The van der Waals surface area contributed by atoms with E-state index in [4.69, 9.17) is 14.2 Å². The minimum absolute atomic E-state index is 0.0777. The number of carbonyl (C=O) groups is 2. The normalized spacial score (nSPS) is 20.5. The molecule has 0 radical (unpaired) electrons. The smallest absolute Gasteiger partial charge is 0.345 e. The van der Waals surface area contributed by atoms with Crippen LogP contribution in [0.15, 0.2) is 106 Å². The van der Waals surface area contributed by atoms with Crippen molar-refractivity contribution < 1.29 is 23.8 Å². The van der Waals surface area contributed by atoms with Crippen LogP contribution in [0.3, 0.4) is 0 Å². The molecule has 2 aliphatic rings. The minimum Gasteiger partial charge on any atom is -0.466 e. The zero-order valence-electron chi connectivity index (χ0n) is 21.0. The molecule has 3 aromatic rings. The molecule has 2 heterocycles. The summed E-state index contributed by atoms with van der Waals surface area (Å²) in [6.45, 7) is 2.06. The van der Waals surface area contributed by atoms with Crippen LogP contribution in [-0.2, 0) is 29.4 Å². The Hall–Kier alpha value is -3.61. The summed E-state index contributed by atoms with van der Waals surface area (Å²) in [6.07, 6.45) is -0.183. The maximum Gasteiger partial charge on any atom is 0.345 e. The molecule has 37 heavy (non-hydrogen) atoms. The van der Waals surface area contributed by atoms with Gasteiger partial charge in [-0.1, -0.05) is 102 Å². The number of hydrogen-bond acceptors (Lipinski definition) is 6. The first-order valence-electron chi connectivity index (χ1n) is 12.1. The SMILES string of the molecule is COC(=O)C1=C(C(=O)OC)[C@@H]2OC(c3ccccc3)(c3ccccc3)C[C@H](c3ccc(C)cc3)C2=CS1. The molecule has 1 fully saturated rings. The van der Waals surface area contributed by atoms with E-state index >= 15 is 0 Å². The number of hydrogen-bond donors (Lipinski definition) is 0. The summed E-state index contributed by atoms with van der Waals surface area (Å²) in [6, 6.07) is 28.6. The van der Waals surface area contributed by atoms with Crippen LogP contribution in [-0.4, -0.2) is 32.3 Å². The average Bonchev–Trinajstić information content (AvgIpc) is 2.96. The first-order valence-corrected chi connectivity index (χ1v) is 13.0. The lowest BCUT2D eigenvalue weighted by Gasteiger charge is -2.48. The lowest BCUT2D eigenvalue weighted by atomic mass is 9.70. The monoisotopic (exact) mass is 512 g/mol. The molecule has 0 unspecified atom stereocenters. The number of aryl methyl sites for hydroxylation is 1. The largest absolute Gasteiger partial charge is 0.466 e. The third kappa shape index (κ3) is 4.52. The Bertz CT molecular complexity index is 1320. The van der Waals surface area contributed by atoms with E-state index in [1.54, 1.807) is 0 Å². The molecule has 0 bridgehead atoms. The molecule has 0 spiro atoms. The van der Waals surface area contributed by atoms with Gasteiger partial charge in [0.1, 0.15) is 16.6 Å². The molecule has 0 saturated carbocycles. The summed E-state index contributed by atoms with van der Waals surface area (Å²) in [5, 5.41) is 1.94. The molecule has 6 heteroatoms. The fourth-order valence-corrected chi connectivity index (χ4v) is 6.25. The van der Waals surface area contributed by atoms with E-state index in [-0.39, 0.29) is 16.4 Å². The van der Waals surface area contributed by atoms with Crippen LogP contribution < -0.4 is 0 Å². The predicted octanol–water partition coefficient (Wildman–Crippen LogP) is 6.04. The molecule has 2 aliphatic heterocycles. The van der Waals surface area contributed by atoms with Crippen molar-refractivity contribution in [1.29, 1.82) is 0 Å². The second kappa shape index (κ2) is 10.4. The van der Waals surface area contributed by atoms with Crippen LogP contribution in [0.25, 0.3) is 0 Å². The van der Waals surface area contributed by atoms with Gasteiger partial charge in [0.15, 0.2) is 0 Å². The van der Waals surface area contributed by atoms with E-state index in [2.05, 4.69) is 31.2 Å². The standard InChI is InChI=1S/C31H28O5S/c1-20-14-16-21(17-15-20)24-18-31(22-10-6-4-7-11-22,23-12-8-5-9-13-23)36-27-25(24)19-37-28(30(33)35-3)26(27)29(32)34-2/h4-17,19,24,27H,18H2,1-3H3/t24-,27-/m1/s1. The Balaban J connectivity index is 1.77. The van der Waals surface area contributed by atoms with Crippen molar-refractivity contribution in [3.8, 4) is 0 Å². The van der Waals surface area contributed by atoms with Crippen molar-refractivity contribution in [2.75, 3.05) is 14.2 Å². The van der Waals surface area contributed by atoms with Gasteiger partial charge < -0.3 is 14.2 Å². The first-order chi connectivity index (χ1) is 18.0. The summed E-state index contributed by atoms with van der Waals surface area (Å²) in [5.74, 6) is -1.28. The molecule has 2 atom stereocenters. The summed E-state index contributed by atoms with van der Waals surface area (Å²) in [5.41, 5.74) is 4.43. The highest BCUT2D eigenvalue weighted by atomic mass is 32.2. The molecule has 1 saturated heterocycles. The molecule has 5 nitrogen and oxygen atoms in total. The van der Waals surface area contributed by atoms with Gasteiger partial charge >= 0.3 is 11.9 Å². The van der Waals surface area contributed by atoms with Crippen LogP contribution in [0.4, 0.5) is 0 Å². The molecule has 0 aromatic heterocycles. The number of esters is 2. The summed E-state index contributed by atoms with van der Waals surface area (Å²) in [4.78, 5) is 26.2. The van der Waals surface area contributed by atoms with E-state index in [0.717, 1.165) is 22.3 Å². The Morgan fingerprint density at radius 1 is 0.838 bits per heavy atom. The van der Waals surface area contributed by atoms with Crippen LogP contribution in [0.1, 0.15) is 34.6 Å². The van der Waals surface area contributed by atoms with Gasteiger partial charge in [-0.3, -0.25) is 0 Å². The van der Waals surface area contributed by atoms with Gasteiger partial charge in [-0.25, -0.2) is 9.59 Å².